The van der Waals surface area contributed by atoms with E-state index >= 15 is 0 Å². The van der Waals surface area contributed by atoms with E-state index in [2.05, 4.69) is 15.9 Å². The van der Waals surface area contributed by atoms with Crippen molar-refractivity contribution in [3.8, 4) is 5.75 Å². The van der Waals surface area contributed by atoms with Gasteiger partial charge in [-0.3, -0.25) is 9.59 Å². The number of benzene rings is 1. The van der Waals surface area contributed by atoms with Gasteiger partial charge in [0.2, 0.25) is 5.91 Å². The molecule has 2 aliphatic heterocycles. The fourth-order valence-corrected chi connectivity index (χ4v) is 4.80. The first-order chi connectivity index (χ1) is 11.0. The van der Waals surface area contributed by atoms with Crippen molar-refractivity contribution >= 4 is 27.8 Å². The van der Waals surface area contributed by atoms with E-state index in [0.29, 0.717) is 26.1 Å². The lowest BCUT2D eigenvalue weighted by Crippen LogP contribution is -2.39. The second-order valence-electron chi connectivity index (χ2n) is 6.81. The van der Waals surface area contributed by atoms with Crippen LogP contribution < -0.4 is 4.74 Å². The molecule has 3 aliphatic rings. The van der Waals surface area contributed by atoms with E-state index in [9.17, 15) is 14.7 Å². The number of hydrogen-bond donors (Lipinski definition) is 1. The van der Waals surface area contributed by atoms with Crippen LogP contribution in [0.25, 0.3) is 0 Å². The number of fused-ring (bicyclic) bond motifs is 2. The molecule has 3 atom stereocenters. The number of carbonyl (C=O) groups excluding carboxylic acids is 1. The lowest BCUT2D eigenvalue weighted by Gasteiger charge is -2.24. The molecule has 1 amide bonds. The number of carboxylic acid groups (broad SMARTS) is 1. The SMILES string of the molecule is O=C(C1COc2ccc(Br)cc21)N1C[C@@H]2CCC[C@@]2(C(=O)O)C1. The second-order valence-corrected chi connectivity index (χ2v) is 7.73. The quantitative estimate of drug-likeness (QED) is 0.857. The Hall–Kier alpha value is -1.56. The third kappa shape index (κ3) is 2.18. The molecule has 2 heterocycles. The maximum Gasteiger partial charge on any atom is 0.311 e. The Morgan fingerprint density at radius 2 is 2.22 bits per heavy atom. The highest BCUT2D eigenvalue weighted by atomic mass is 79.9. The summed E-state index contributed by atoms with van der Waals surface area (Å²) in [6.07, 6.45) is 2.53. The number of hydrogen-bond acceptors (Lipinski definition) is 3. The first-order valence-corrected chi connectivity index (χ1v) is 8.75. The first-order valence-electron chi connectivity index (χ1n) is 7.96. The number of nitrogens with zero attached hydrogens (tertiary/aromatic N) is 1. The third-order valence-corrected chi connectivity index (χ3v) is 6.15. The molecule has 1 aromatic carbocycles. The van der Waals surface area contributed by atoms with Gasteiger partial charge in [-0.2, -0.15) is 0 Å². The zero-order valence-electron chi connectivity index (χ0n) is 12.6. The summed E-state index contributed by atoms with van der Waals surface area (Å²) >= 11 is 3.43. The predicted octanol–water partition coefficient (Wildman–Crippen LogP) is 2.64. The molecule has 1 aliphatic carbocycles. The minimum absolute atomic E-state index is 0.00289. The molecular formula is C17H18BrNO4. The monoisotopic (exact) mass is 379 g/mol. The lowest BCUT2D eigenvalue weighted by molar-refractivity contribution is -0.149. The highest BCUT2D eigenvalue weighted by Crippen LogP contribution is 2.50. The zero-order valence-corrected chi connectivity index (χ0v) is 14.2. The van der Waals surface area contributed by atoms with Crippen LogP contribution in [0.15, 0.2) is 22.7 Å². The van der Waals surface area contributed by atoms with Crippen LogP contribution in [-0.4, -0.2) is 41.6 Å². The number of carboxylic acids is 1. The fourth-order valence-electron chi connectivity index (χ4n) is 4.42. The normalized spacial score (nSPS) is 31.6. The van der Waals surface area contributed by atoms with Crippen LogP contribution in [0.3, 0.4) is 0 Å². The smallest absolute Gasteiger partial charge is 0.311 e. The average Bonchev–Trinajstić information content (AvgIpc) is 3.17. The van der Waals surface area contributed by atoms with Gasteiger partial charge >= 0.3 is 5.97 Å². The summed E-state index contributed by atoms with van der Waals surface area (Å²) in [4.78, 5) is 26.5. The molecule has 122 valence electrons. The van der Waals surface area contributed by atoms with Gasteiger partial charge in [0.25, 0.3) is 0 Å². The minimum atomic E-state index is -0.749. The molecule has 1 N–H and O–H groups in total. The van der Waals surface area contributed by atoms with Crippen molar-refractivity contribution in [1.82, 2.24) is 4.90 Å². The van der Waals surface area contributed by atoms with E-state index in [-0.39, 0.29) is 17.7 Å². The zero-order chi connectivity index (χ0) is 16.2. The number of halogens is 1. The highest BCUT2D eigenvalue weighted by Gasteiger charge is 2.56. The Morgan fingerprint density at radius 1 is 1.39 bits per heavy atom. The Labute approximate surface area is 142 Å². The summed E-state index contributed by atoms with van der Waals surface area (Å²) in [7, 11) is 0. The number of amides is 1. The summed E-state index contributed by atoms with van der Waals surface area (Å²) in [6.45, 7) is 1.24. The Morgan fingerprint density at radius 3 is 2.96 bits per heavy atom. The first kappa shape index (κ1) is 15.0. The summed E-state index contributed by atoms with van der Waals surface area (Å²) in [5.41, 5.74) is 0.167. The molecule has 0 aromatic heterocycles. The second kappa shape index (κ2) is 5.23. The lowest BCUT2D eigenvalue weighted by atomic mass is 9.81. The van der Waals surface area contributed by atoms with Crippen molar-refractivity contribution in [3.05, 3.63) is 28.2 Å². The van der Waals surface area contributed by atoms with Gasteiger partial charge < -0.3 is 14.7 Å². The molecular weight excluding hydrogens is 362 g/mol. The van der Waals surface area contributed by atoms with Crippen molar-refractivity contribution < 1.29 is 19.4 Å². The summed E-state index contributed by atoms with van der Waals surface area (Å²) in [6, 6.07) is 5.68. The molecule has 2 fully saturated rings. The molecule has 4 rings (SSSR count). The molecule has 1 saturated carbocycles. The summed E-state index contributed by atoms with van der Waals surface area (Å²) < 4.78 is 6.55. The van der Waals surface area contributed by atoms with Crippen molar-refractivity contribution in [1.29, 1.82) is 0 Å². The van der Waals surface area contributed by atoms with Gasteiger partial charge in [0.1, 0.15) is 18.3 Å². The topological polar surface area (TPSA) is 66.8 Å². The molecule has 5 nitrogen and oxygen atoms in total. The van der Waals surface area contributed by atoms with Gasteiger partial charge in [0, 0.05) is 23.1 Å². The van der Waals surface area contributed by atoms with Crippen molar-refractivity contribution in [2.24, 2.45) is 11.3 Å². The largest absolute Gasteiger partial charge is 0.492 e. The number of aliphatic carboxylic acids is 1. The minimum Gasteiger partial charge on any atom is -0.492 e. The van der Waals surface area contributed by atoms with Crippen LogP contribution in [0.2, 0.25) is 0 Å². The molecule has 23 heavy (non-hydrogen) atoms. The van der Waals surface area contributed by atoms with Crippen molar-refractivity contribution in [3.63, 3.8) is 0 Å². The van der Waals surface area contributed by atoms with Crippen LogP contribution >= 0.6 is 15.9 Å². The Kier molecular flexibility index (Phi) is 3.41. The number of ether oxygens (including phenoxy) is 1. The van der Waals surface area contributed by atoms with Crippen molar-refractivity contribution in [2.75, 3.05) is 19.7 Å². The maximum atomic E-state index is 13.0. The van der Waals surface area contributed by atoms with Crippen LogP contribution in [0, 0.1) is 11.3 Å². The average molecular weight is 380 g/mol. The van der Waals surface area contributed by atoms with Gasteiger partial charge in [-0.15, -0.1) is 0 Å². The van der Waals surface area contributed by atoms with E-state index in [1.165, 1.54) is 0 Å². The molecule has 1 saturated heterocycles. The fraction of sp³-hybridized carbons (Fsp3) is 0.529. The number of likely N-dealkylation sites (tertiary alicyclic amines) is 1. The van der Waals surface area contributed by atoms with E-state index in [1.54, 1.807) is 4.90 Å². The standard InChI is InChI=1S/C17H18BrNO4/c18-11-3-4-14-12(6-11)13(8-23-14)15(20)19-7-10-2-1-5-17(10,9-19)16(21)22/h3-4,6,10,13H,1-2,5,7-9H2,(H,21,22)/t10-,13?,17+/m0/s1. The van der Waals surface area contributed by atoms with Crippen LogP contribution in [0.5, 0.6) is 5.75 Å². The van der Waals surface area contributed by atoms with Gasteiger partial charge in [-0.05, 0) is 37.0 Å². The molecule has 6 heteroatoms. The van der Waals surface area contributed by atoms with Gasteiger partial charge in [0.05, 0.1) is 5.41 Å². The van der Waals surface area contributed by atoms with E-state index < -0.39 is 11.4 Å². The summed E-state index contributed by atoms with van der Waals surface area (Å²) in [5, 5.41) is 9.66. The molecule has 0 radical (unpaired) electrons. The Balaban J connectivity index is 1.58. The maximum absolute atomic E-state index is 13.0. The van der Waals surface area contributed by atoms with Crippen LogP contribution in [0.4, 0.5) is 0 Å². The van der Waals surface area contributed by atoms with Crippen molar-refractivity contribution in [2.45, 2.75) is 25.2 Å². The van der Waals surface area contributed by atoms with E-state index in [1.807, 2.05) is 18.2 Å². The van der Waals surface area contributed by atoms with Crippen LogP contribution in [0.1, 0.15) is 30.7 Å². The molecule has 1 unspecified atom stereocenters. The van der Waals surface area contributed by atoms with E-state index in [0.717, 1.165) is 28.6 Å². The van der Waals surface area contributed by atoms with Gasteiger partial charge in [-0.1, -0.05) is 22.4 Å². The van der Waals surface area contributed by atoms with Gasteiger partial charge in [-0.25, -0.2) is 0 Å². The van der Waals surface area contributed by atoms with Gasteiger partial charge in [0.15, 0.2) is 0 Å². The molecule has 1 aromatic rings. The van der Waals surface area contributed by atoms with Crippen LogP contribution in [-0.2, 0) is 9.59 Å². The third-order valence-electron chi connectivity index (χ3n) is 5.66. The Bertz CT molecular complexity index is 691. The predicted molar refractivity (Wildman–Crippen MR) is 86.4 cm³/mol. The highest BCUT2D eigenvalue weighted by molar-refractivity contribution is 9.10. The van der Waals surface area contributed by atoms with E-state index in [4.69, 9.17) is 4.74 Å². The molecule has 0 spiro atoms. The molecule has 0 bridgehead atoms. The summed E-state index contributed by atoms with van der Waals surface area (Å²) in [5.74, 6) is -0.239. The number of rotatable bonds is 2. The number of carbonyl (C=O) groups is 2.